The number of carbonyl (C=O) groups excluding carboxylic acids is 2. The number of nitrogens with one attached hydrogen (secondary N) is 1. The standard InChI is InChI=1S/C55H76N2O7/c1-31-21-32(23-36(22-31)33-14-19-63-20-15-33)24-37-29-57-30-38-42-43(52(6,26-40(60)49-51(4,5)64-49)16-12-35-28-56-44(37)45(35)57)39(59)27-55(42,9)54(8)17-13-41-50(2,3)48(62)34(11-10-18-58)25-53(41,7)47(54)46(38)61/h21-23,28-29,33-34,38,40-41,46-47,49,56,58,60-61H,10-20,24-27,30H2,1-9H3/t34-,38-,40-,41+,46-,47-,49-,52+,53-,54+,55+/m1/s1. The first-order valence-corrected chi connectivity index (χ1v) is 25.0. The van der Waals surface area contributed by atoms with Gasteiger partial charge < -0.3 is 34.3 Å². The summed E-state index contributed by atoms with van der Waals surface area (Å²) in [6.07, 6.45) is 11.4. The fourth-order valence-corrected chi connectivity index (χ4v) is 16.6. The minimum absolute atomic E-state index is 0.0562. The van der Waals surface area contributed by atoms with E-state index in [9.17, 15) is 20.1 Å². The van der Waals surface area contributed by atoms with Crippen LogP contribution in [-0.4, -0.2) is 80.2 Å². The van der Waals surface area contributed by atoms with Crippen LogP contribution in [0.4, 0.5) is 0 Å². The number of ether oxygens (including phenoxy) is 2. The van der Waals surface area contributed by atoms with Gasteiger partial charge in [0.25, 0.3) is 0 Å². The zero-order chi connectivity index (χ0) is 45.5. The third kappa shape index (κ3) is 6.61. The topological polar surface area (TPSA) is 137 Å². The van der Waals surface area contributed by atoms with E-state index >= 15 is 4.79 Å². The zero-order valence-electron chi connectivity index (χ0n) is 40.2. The summed E-state index contributed by atoms with van der Waals surface area (Å²) in [4.78, 5) is 33.5. The van der Waals surface area contributed by atoms with Gasteiger partial charge in [-0.25, -0.2) is 0 Å². The number of allylic oxidation sites excluding steroid dienone is 1. The minimum Gasteiger partial charge on any atom is -0.396 e. The van der Waals surface area contributed by atoms with E-state index in [2.05, 4.69) is 88.6 Å². The predicted molar refractivity (Wildman–Crippen MR) is 249 cm³/mol. The number of fused-ring (bicyclic) bond motifs is 4. The number of aliphatic hydroxyl groups excluding tert-OH is 3. The van der Waals surface area contributed by atoms with Gasteiger partial charge in [0.05, 0.1) is 28.8 Å². The average Bonchev–Trinajstić information content (AvgIpc) is 3.47. The van der Waals surface area contributed by atoms with Crippen LogP contribution < -0.4 is 0 Å². The molecule has 348 valence electrons. The quantitative estimate of drug-likeness (QED) is 0.157. The molecule has 7 aliphatic rings. The Labute approximate surface area is 381 Å². The maximum absolute atomic E-state index is 15.4. The molecule has 0 radical (unpaired) electrons. The summed E-state index contributed by atoms with van der Waals surface area (Å²) in [6.45, 7) is 22.1. The number of epoxide rings is 1. The lowest BCUT2D eigenvalue weighted by Crippen LogP contribution is -2.68. The number of hydrogen-bond donors (Lipinski definition) is 4. The Morgan fingerprint density at radius 3 is 2.42 bits per heavy atom. The third-order valence-electron chi connectivity index (χ3n) is 19.6. The monoisotopic (exact) mass is 877 g/mol. The van der Waals surface area contributed by atoms with Crippen molar-refractivity contribution in [2.75, 3.05) is 19.8 Å². The molecule has 0 spiro atoms. The second kappa shape index (κ2) is 15.2. The van der Waals surface area contributed by atoms with Gasteiger partial charge in [-0.3, -0.25) is 9.59 Å². The van der Waals surface area contributed by atoms with E-state index < -0.39 is 39.5 Å². The second-order valence-electron chi connectivity index (χ2n) is 24.3. The molecule has 3 aliphatic heterocycles. The molecule has 3 aromatic rings. The molecule has 0 bridgehead atoms. The van der Waals surface area contributed by atoms with Gasteiger partial charge in [0, 0.05) is 79.8 Å². The summed E-state index contributed by atoms with van der Waals surface area (Å²) < 4.78 is 14.2. The molecule has 5 heterocycles. The predicted octanol–water partition coefficient (Wildman–Crippen LogP) is 9.34. The molecule has 2 aromatic heterocycles. The number of ketones is 2. The number of nitrogens with zero attached hydrogens (tertiary/aromatic N) is 1. The third-order valence-corrected chi connectivity index (χ3v) is 19.6. The molecule has 1 aromatic carbocycles. The molecule has 0 amide bonds. The van der Waals surface area contributed by atoms with E-state index in [-0.39, 0.29) is 47.6 Å². The van der Waals surface area contributed by atoms with Gasteiger partial charge in [0.2, 0.25) is 0 Å². The van der Waals surface area contributed by atoms with Crippen LogP contribution in [0.3, 0.4) is 0 Å². The van der Waals surface area contributed by atoms with Crippen molar-refractivity contribution in [2.24, 2.45) is 50.7 Å². The molecule has 11 atom stereocenters. The number of carbonyl (C=O) groups is 2. The number of aromatic amines is 1. The molecule has 64 heavy (non-hydrogen) atoms. The molecule has 2 saturated heterocycles. The van der Waals surface area contributed by atoms with E-state index in [1.165, 1.54) is 33.3 Å². The largest absolute Gasteiger partial charge is 0.396 e. The number of aliphatic hydroxyl groups is 3. The molecule has 5 fully saturated rings. The van der Waals surface area contributed by atoms with Crippen molar-refractivity contribution in [3.05, 3.63) is 69.6 Å². The summed E-state index contributed by atoms with van der Waals surface area (Å²) in [5.41, 5.74) is 7.72. The van der Waals surface area contributed by atoms with Gasteiger partial charge >= 0.3 is 0 Å². The van der Waals surface area contributed by atoms with Gasteiger partial charge in [0.1, 0.15) is 11.9 Å². The Balaban J connectivity index is 1.13. The Bertz CT molecular complexity index is 2400. The Morgan fingerprint density at radius 2 is 1.72 bits per heavy atom. The first-order chi connectivity index (χ1) is 30.2. The number of aryl methyl sites for hydroxylation is 2. The van der Waals surface area contributed by atoms with Crippen LogP contribution in [0.5, 0.6) is 0 Å². The smallest absolute Gasteiger partial charge is 0.160 e. The lowest BCUT2D eigenvalue weighted by atomic mass is 9.34. The van der Waals surface area contributed by atoms with Crippen molar-refractivity contribution in [3.63, 3.8) is 0 Å². The number of benzene rings is 1. The zero-order valence-corrected chi connectivity index (χ0v) is 40.2. The number of hydrogen-bond acceptors (Lipinski definition) is 7. The van der Waals surface area contributed by atoms with Gasteiger partial charge in [0.15, 0.2) is 5.78 Å². The SMILES string of the molecule is Cc1cc(Cc2cn3c4c(c[nH]c24)CC[C@@](C)(C[C@@H](O)[C@H]2OC2(C)C)C2=C4[C@@H](C3)[C@@H](O)[C@@H]3[C@]5(C)C[C@@H](CCCO)C(=O)C(C)(C)[C@@H]5CC[C@]3(C)[C@@]4(C)CC2=O)cc(C2CCOCC2)c1. The van der Waals surface area contributed by atoms with Crippen molar-refractivity contribution in [3.8, 4) is 0 Å². The van der Waals surface area contributed by atoms with Crippen molar-refractivity contribution in [2.45, 2.75) is 176 Å². The summed E-state index contributed by atoms with van der Waals surface area (Å²) >= 11 is 0. The van der Waals surface area contributed by atoms with E-state index in [1.807, 2.05) is 13.8 Å². The Kier molecular flexibility index (Phi) is 10.6. The van der Waals surface area contributed by atoms with E-state index in [0.717, 1.165) is 68.4 Å². The van der Waals surface area contributed by atoms with Crippen LogP contribution in [0.25, 0.3) is 11.0 Å². The number of Topliss-reactive ketones (excluding diaryl/α,β-unsaturated/α-hetero) is 2. The van der Waals surface area contributed by atoms with E-state index in [1.54, 1.807) is 0 Å². The fourth-order valence-electron chi connectivity index (χ4n) is 16.6. The van der Waals surface area contributed by atoms with Crippen LogP contribution in [-0.2, 0) is 38.4 Å². The van der Waals surface area contributed by atoms with Crippen LogP contribution in [0.15, 0.2) is 41.7 Å². The number of H-pyrrole nitrogens is 1. The summed E-state index contributed by atoms with van der Waals surface area (Å²) in [5, 5.41) is 35.7. The minimum atomic E-state index is -0.773. The molecular weight excluding hydrogens is 801 g/mol. The van der Waals surface area contributed by atoms with Crippen molar-refractivity contribution in [1.82, 2.24) is 9.55 Å². The average molecular weight is 877 g/mol. The highest BCUT2D eigenvalue weighted by Gasteiger charge is 2.73. The molecule has 10 rings (SSSR count). The maximum atomic E-state index is 15.4. The van der Waals surface area contributed by atoms with Gasteiger partial charge in [-0.15, -0.1) is 0 Å². The van der Waals surface area contributed by atoms with Crippen molar-refractivity contribution in [1.29, 1.82) is 0 Å². The van der Waals surface area contributed by atoms with Crippen LogP contribution in [0, 0.1) is 57.7 Å². The van der Waals surface area contributed by atoms with E-state index in [4.69, 9.17) is 9.47 Å². The Morgan fingerprint density at radius 1 is 0.984 bits per heavy atom. The normalized spacial score (nSPS) is 38.5. The van der Waals surface area contributed by atoms with Crippen LogP contribution in [0.2, 0.25) is 0 Å². The molecule has 9 heteroatoms. The first-order valence-electron chi connectivity index (χ1n) is 25.0. The lowest BCUT2D eigenvalue weighted by molar-refractivity contribution is -0.226. The van der Waals surface area contributed by atoms with E-state index in [0.29, 0.717) is 56.8 Å². The van der Waals surface area contributed by atoms with Crippen molar-refractivity contribution >= 4 is 22.6 Å². The van der Waals surface area contributed by atoms with Crippen LogP contribution >= 0.6 is 0 Å². The number of rotatable bonds is 9. The molecule has 9 nitrogen and oxygen atoms in total. The van der Waals surface area contributed by atoms with Gasteiger partial charge in [-0.05, 0) is 147 Å². The molecular formula is C55H76N2O7. The van der Waals surface area contributed by atoms with Gasteiger partial charge in [-0.1, -0.05) is 65.3 Å². The Hall–Kier alpha value is -3.08. The highest BCUT2D eigenvalue weighted by molar-refractivity contribution is 6.02. The summed E-state index contributed by atoms with van der Waals surface area (Å²) in [6, 6.07) is 7.09. The molecule has 4 aliphatic carbocycles. The molecule has 4 N–H and O–H groups in total. The van der Waals surface area contributed by atoms with Crippen molar-refractivity contribution < 1.29 is 34.4 Å². The fraction of sp³-hybridized carbons (Fsp3) is 0.709. The highest BCUT2D eigenvalue weighted by atomic mass is 16.6. The summed E-state index contributed by atoms with van der Waals surface area (Å²) in [7, 11) is 0. The lowest BCUT2D eigenvalue weighted by Gasteiger charge is -2.70. The summed E-state index contributed by atoms with van der Waals surface area (Å²) in [5.74, 6) is 0.348. The second-order valence-corrected chi connectivity index (χ2v) is 24.3. The number of aromatic nitrogens is 2. The van der Waals surface area contributed by atoms with Gasteiger partial charge in [-0.2, -0.15) is 0 Å². The van der Waals surface area contributed by atoms with Crippen LogP contribution in [0.1, 0.15) is 153 Å². The highest BCUT2D eigenvalue weighted by Crippen LogP contribution is 2.76. The maximum Gasteiger partial charge on any atom is 0.160 e. The molecule has 0 unspecified atom stereocenters. The first kappa shape index (κ1) is 44.7. The molecule has 3 saturated carbocycles.